The van der Waals surface area contributed by atoms with Gasteiger partial charge in [-0.15, -0.1) is 0 Å². The Kier molecular flexibility index (Phi) is 4.39. The number of carboxylic acid groups (broad SMARTS) is 1. The number of aryl methyl sites for hydroxylation is 1. The Hall–Kier alpha value is -2.12. The molecule has 22 heavy (non-hydrogen) atoms. The highest BCUT2D eigenvalue weighted by molar-refractivity contribution is 5.94. The van der Waals surface area contributed by atoms with Crippen LogP contribution in [0.2, 0.25) is 0 Å². The lowest BCUT2D eigenvalue weighted by molar-refractivity contribution is -0.187. The number of aromatic nitrogens is 1. The summed E-state index contributed by atoms with van der Waals surface area (Å²) in [7, 11) is 0. The molecule has 1 fully saturated rings. The van der Waals surface area contributed by atoms with E-state index >= 15 is 0 Å². The van der Waals surface area contributed by atoms with Crippen LogP contribution < -0.4 is 0 Å². The van der Waals surface area contributed by atoms with Gasteiger partial charge in [0.25, 0.3) is 5.91 Å². The Morgan fingerprint density at radius 2 is 2.09 bits per heavy atom. The smallest absolute Gasteiger partial charge is 0.394 e. The Morgan fingerprint density at radius 3 is 2.59 bits per heavy atom. The van der Waals surface area contributed by atoms with E-state index in [1.54, 1.807) is 19.1 Å². The van der Waals surface area contributed by atoms with Crippen molar-refractivity contribution < 1.29 is 27.9 Å². The van der Waals surface area contributed by atoms with Gasteiger partial charge in [-0.2, -0.15) is 13.2 Å². The highest BCUT2D eigenvalue weighted by Gasteiger charge is 2.53. The van der Waals surface area contributed by atoms with E-state index < -0.39 is 43.0 Å². The second-order valence-corrected chi connectivity index (χ2v) is 5.17. The number of likely N-dealkylation sites (tertiary alicyclic amines) is 1. The number of aliphatic carboxylic acids is 1. The minimum atomic E-state index is -4.66. The number of alkyl halides is 3. The van der Waals surface area contributed by atoms with Crippen molar-refractivity contribution >= 4 is 11.9 Å². The van der Waals surface area contributed by atoms with E-state index in [-0.39, 0.29) is 5.69 Å². The molecule has 1 aromatic heterocycles. The molecule has 0 spiro atoms. The topological polar surface area (TPSA) is 70.5 Å². The summed E-state index contributed by atoms with van der Waals surface area (Å²) in [6.07, 6.45) is -2.76. The van der Waals surface area contributed by atoms with E-state index in [1.165, 1.54) is 6.20 Å². The lowest BCUT2D eigenvalue weighted by Gasteiger charge is -2.18. The number of hydrogen-bond acceptors (Lipinski definition) is 3. The molecule has 0 aliphatic carbocycles. The monoisotopic (exact) mass is 316 g/mol. The van der Waals surface area contributed by atoms with Crippen LogP contribution in [-0.2, 0) is 11.2 Å². The summed E-state index contributed by atoms with van der Waals surface area (Å²) < 4.78 is 38.8. The average molecular weight is 316 g/mol. The van der Waals surface area contributed by atoms with E-state index in [4.69, 9.17) is 5.11 Å². The van der Waals surface area contributed by atoms with Crippen LogP contribution in [-0.4, -0.2) is 46.1 Å². The van der Waals surface area contributed by atoms with E-state index in [0.29, 0.717) is 12.0 Å². The fourth-order valence-corrected chi connectivity index (χ4v) is 2.62. The molecule has 0 saturated carbocycles. The van der Waals surface area contributed by atoms with Crippen molar-refractivity contribution in [3.05, 3.63) is 29.6 Å². The van der Waals surface area contributed by atoms with Crippen LogP contribution in [0.15, 0.2) is 18.3 Å². The van der Waals surface area contributed by atoms with Gasteiger partial charge in [0.1, 0.15) is 5.69 Å². The van der Waals surface area contributed by atoms with Gasteiger partial charge in [-0.1, -0.05) is 13.0 Å². The minimum absolute atomic E-state index is 0.0805. The maximum Gasteiger partial charge on any atom is 0.394 e. The molecule has 1 aromatic rings. The lowest BCUT2D eigenvalue weighted by atomic mass is 9.96. The van der Waals surface area contributed by atoms with E-state index in [2.05, 4.69) is 4.98 Å². The lowest BCUT2D eigenvalue weighted by Crippen LogP contribution is -2.34. The number of carbonyl (C=O) groups is 2. The second kappa shape index (κ2) is 5.94. The van der Waals surface area contributed by atoms with Crippen molar-refractivity contribution in [2.45, 2.75) is 19.5 Å². The van der Waals surface area contributed by atoms with Crippen molar-refractivity contribution in [1.29, 1.82) is 0 Å². The van der Waals surface area contributed by atoms with E-state index in [9.17, 15) is 22.8 Å². The first kappa shape index (κ1) is 16.3. The van der Waals surface area contributed by atoms with Crippen molar-refractivity contribution in [3.8, 4) is 0 Å². The van der Waals surface area contributed by atoms with Gasteiger partial charge in [0, 0.05) is 19.3 Å². The Labute approximate surface area is 124 Å². The number of amides is 1. The standard InChI is InChI=1S/C14H15F3N2O3/c1-2-8-4-3-5-18-11(8)12(20)19-6-9(13(21)22)10(7-19)14(15,16)17/h3-5,9-10H,2,6-7H2,1H3,(H,21,22)/t9-,10-/m1/s1. The van der Waals surface area contributed by atoms with E-state index in [0.717, 1.165) is 4.90 Å². The first-order chi connectivity index (χ1) is 10.3. The van der Waals surface area contributed by atoms with Gasteiger partial charge in [0.15, 0.2) is 0 Å². The molecule has 1 saturated heterocycles. The molecule has 2 heterocycles. The Morgan fingerprint density at radius 1 is 1.41 bits per heavy atom. The summed E-state index contributed by atoms with van der Waals surface area (Å²) in [4.78, 5) is 28.3. The number of rotatable bonds is 3. The molecule has 0 unspecified atom stereocenters. The zero-order valence-corrected chi connectivity index (χ0v) is 11.8. The SMILES string of the molecule is CCc1cccnc1C(=O)N1C[C@@H](C(F)(F)F)[C@H](C(=O)O)C1. The molecule has 120 valence electrons. The number of halogens is 3. The van der Waals surface area contributed by atoms with Crippen LogP contribution in [0.5, 0.6) is 0 Å². The maximum atomic E-state index is 12.9. The summed E-state index contributed by atoms with van der Waals surface area (Å²) in [6, 6.07) is 3.31. The normalized spacial score (nSPS) is 21.9. The molecule has 2 rings (SSSR count). The van der Waals surface area contributed by atoms with Crippen LogP contribution in [0.1, 0.15) is 23.0 Å². The molecule has 1 N–H and O–H groups in total. The molecule has 8 heteroatoms. The van der Waals surface area contributed by atoms with Crippen molar-refractivity contribution in [2.75, 3.05) is 13.1 Å². The van der Waals surface area contributed by atoms with Gasteiger partial charge < -0.3 is 10.0 Å². The van der Waals surface area contributed by atoms with Crippen molar-refractivity contribution in [2.24, 2.45) is 11.8 Å². The molecule has 1 aliphatic heterocycles. The highest BCUT2D eigenvalue weighted by atomic mass is 19.4. The third kappa shape index (κ3) is 3.05. The first-order valence-corrected chi connectivity index (χ1v) is 6.78. The largest absolute Gasteiger partial charge is 0.481 e. The molecule has 2 atom stereocenters. The quantitative estimate of drug-likeness (QED) is 0.925. The number of pyridine rings is 1. The third-order valence-corrected chi connectivity index (χ3v) is 3.82. The first-order valence-electron chi connectivity index (χ1n) is 6.78. The molecule has 0 aromatic carbocycles. The third-order valence-electron chi connectivity index (χ3n) is 3.82. The molecule has 1 amide bonds. The maximum absolute atomic E-state index is 12.9. The molecule has 5 nitrogen and oxygen atoms in total. The summed E-state index contributed by atoms with van der Waals surface area (Å²) in [5, 5.41) is 8.96. The minimum Gasteiger partial charge on any atom is -0.481 e. The van der Waals surface area contributed by atoms with Crippen LogP contribution in [0.3, 0.4) is 0 Å². The second-order valence-electron chi connectivity index (χ2n) is 5.17. The molecule has 0 bridgehead atoms. The van der Waals surface area contributed by atoms with Gasteiger partial charge in [-0.05, 0) is 18.1 Å². The number of carbonyl (C=O) groups excluding carboxylic acids is 1. The van der Waals surface area contributed by atoms with Crippen molar-refractivity contribution in [3.63, 3.8) is 0 Å². The van der Waals surface area contributed by atoms with Crippen LogP contribution in [0, 0.1) is 11.8 Å². The summed E-state index contributed by atoms with van der Waals surface area (Å²) in [5.74, 6) is -5.90. The fourth-order valence-electron chi connectivity index (χ4n) is 2.62. The van der Waals surface area contributed by atoms with Gasteiger partial charge in [-0.25, -0.2) is 0 Å². The zero-order valence-electron chi connectivity index (χ0n) is 11.8. The summed E-state index contributed by atoms with van der Waals surface area (Å²) in [6.45, 7) is 0.688. The predicted octanol–water partition coefficient (Wildman–Crippen LogP) is 1.98. The highest BCUT2D eigenvalue weighted by Crippen LogP contribution is 2.38. The number of carboxylic acids is 1. The number of nitrogens with zero attached hydrogens (tertiary/aromatic N) is 2. The van der Waals surface area contributed by atoms with Crippen molar-refractivity contribution in [1.82, 2.24) is 9.88 Å². The van der Waals surface area contributed by atoms with Crippen LogP contribution >= 0.6 is 0 Å². The predicted molar refractivity (Wildman–Crippen MR) is 70.2 cm³/mol. The van der Waals surface area contributed by atoms with Gasteiger partial charge in [0.05, 0.1) is 11.8 Å². The fraction of sp³-hybridized carbons (Fsp3) is 0.500. The van der Waals surface area contributed by atoms with Crippen LogP contribution in [0.25, 0.3) is 0 Å². The molecular weight excluding hydrogens is 301 g/mol. The zero-order chi connectivity index (χ0) is 16.5. The summed E-state index contributed by atoms with van der Waals surface area (Å²) in [5.41, 5.74) is 0.701. The Bertz CT molecular complexity index is 589. The Balaban J connectivity index is 2.27. The van der Waals surface area contributed by atoms with Gasteiger partial charge in [-0.3, -0.25) is 14.6 Å². The summed E-state index contributed by atoms with van der Waals surface area (Å²) >= 11 is 0. The van der Waals surface area contributed by atoms with E-state index in [1.807, 2.05) is 0 Å². The van der Waals surface area contributed by atoms with Gasteiger partial charge in [0.2, 0.25) is 0 Å². The van der Waals surface area contributed by atoms with Crippen LogP contribution in [0.4, 0.5) is 13.2 Å². The number of hydrogen-bond donors (Lipinski definition) is 1. The average Bonchev–Trinajstić information content (AvgIpc) is 2.92. The molecular formula is C14H15F3N2O3. The molecule has 1 aliphatic rings. The molecule has 0 radical (unpaired) electrons. The van der Waals surface area contributed by atoms with Gasteiger partial charge >= 0.3 is 12.1 Å².